The highest BCUT2D eigenvalue weighted by atomic mass is 32.1. The number of hydrogen-bond acceptors (Lipinski definition) is 2. The lowest BCUT2D eigenvalue weighted by Gasteiger charge is -2.27. The van der Waals surface area contributed by atoms with Crippen molar-refractivity contribution in [1.82, 2.24) is 4.98 Å². The van der Waals surface area contributed by atoms with Crippen LogP contribution in [0.4, 0.5) is 17.1 Å². The van der Waals surface area contributed by atoms with Gasteiger partial charge in [-0.1, -0.05) is 121 Å². The highest BCUT2D eigenvalue weighted by Crippen LogP contribution is 2.44. The molecule has 0 saturated carbocycles. The van der Waals surface area contributed by atoms with Crippen LogP contribution in [0.15, 0.2) is 176 Å². The molecule has 0 bridgehead atoms. The van der Waals surface area contributed by atoms with E-state index in [-0.39, 0.29) is 0 Å². The Morgan fingerprint density at radius 1 is 0.388 bits per heavy atom. The minimum absolute atomic E-state index is 1.11. The van der Waals surface area contributed by atoms with Crippen LogP contribution in [0.1, 0.15) is 0 Å². The molecule has 2 heterocycles. The summed E-state index contributed by atoms with van der Waals surface area (Å²) in [6, 6.07) is 64.0. The topological polar surface area (TPSA) is 19.0 Å². The van der Waals surface area contributed by atoms with Crippen molar-refractivity contribution in [2.24, 2.45) is 0 Å². The van der Waals surface area contributed by atoms with Crippen molar-refractivity contribution in [3.8, 4) is 22.3 Å². The van der Waals surface area contributed by atoms with E-state index < -0.39 is 0 Å². The lowest BCUT2D eigenvalue weighted by molar-refractivity contribution is 1.29. The van der Waals surface area contributed by atoms with Crippen LogP contribution in [-0.4, -0.2) is 4.98 Å². The molecule has 0 aliphatic carbocycles. The fraction of sp³-hybridized carbons (Fsp3) is 0. The molecule has 0 aliphatic rings. The summed E-state index contributed by atoms with van der Waals surface area (Å²) >= 11 is 1.87. The molecule has 10 aromatic rings. The van der Waals surface area contributed by atoms with E-state index in [2.05, 4.69) is 186 Å². The standard InChI is InChI=1S/C46H30N2S/c1-2-10-30(11-3-1)32-18-22-35(23-19-32)48(36-24-20-31-12-4-5-13-33(31)26-36)37-28-41(46-42(29-37)38-14-6-8-16-43(38)47-46)34-21-25-40-39-15-7-9-17-44(39)49-45(40)27-34/h1-29,47H. The summed E-state index contributed by atoms with van der Waals surface area (Å²) in [6.45, 7) is 0. The summed E-state index contributed by atoms with van der Waals surface area (Å²) in [7, 11) is 0. The van der Waals surface area contributed by atoms with Crippen molar-refractivity contribution in [2.45, 2.75) is 0 Å². The van der Waals surface area contributed by atoms with Crippen molar-refractivity contribution >= 4 is 81.1 Å². The average Bonchev–Trinajstić information content (AvgIpc) is 3.73. The molecule has 1 N–H and O–H groups in total. The lowest BCUT2D eigenvalue weighted by Crippen LogP contribution is -2.10. The van der Waals surface area contributed by atoms with E-state index in [0.29, 0.717) is 0 Å². The minimum Gasteiger partial charge on any atom is -0.354 e. The summed E-state index contributed by atoms with van der Waals surface area (Å²) in [4.78, 5) is 6.21. The number of benzene rings is 8. The smallest absolute Gasteiger partial charge is 0.0546 e. The Morgan fingerprint density at radius 3 is 1.94 bits per heavy atom. The van der Waals surface area contributed by atoms with E-state index in [9.17, 15) is 0 Å². The van der Waals surface area contributed by atoms with Gasteiger partial charge in [-0.3, -0.25) is 0 Å². The van der Waals surface area contributed by atoms with Crippen LogP contribution in [0.5, 0.6) is 0 Å². The molecule has 10 rings (SSSR count). The predicted octanol–water partition coefficient (Wildman–Crippen LogP) is 13.6. The SMILES string of the molecule is c1ccc(-c2ccc(N(c3ccc4ccccc4c3)c3cc(-c4ccc5c(c4)sc4ccccc45)c4[nH]c5ccccc5c4c3)cc2)cc1. The molecular formula is C46H30N2S. The maximum atomic E-state index is 3.80. The highest BCUT2D eigenvalue weighted by Gasteiger charge is 2.19. The van der Waals surface area contributed by atoms with E-state index in [1.54, 1.807) is 0 Å². The molecule has 0 unspecified atom stereocenters. The number of fused-ring (bicyclic) bond motifs is 7. The number of aromatic nitrogens is 1. The number of para-hydroxylation sites is 1. The van der Waals surface area contributed by atoms with E-state index in [1.165, 1.54) is 64.0 Å². The van der Waals surface area contributed by atoms with E-state index in [1.807, 2.05) is 11.3 Å². The van der Waals surface area contributed by atoms with Crippen LogP contribution in [-0.2, 0) is 0 Å². The molecule has 0 radical (unpaired) electrons. The number of rotatable bonds is 5. The maximum Gasteiger partial charge on any atom is 0.0546 e. The number of hydrogen-bond donors (Lipinski definition) is 1. The van der Waals surface area contributed by atoms with Gasteiger partial charge in [-0.15, -0.1) is 11.3 Å². The lowest BCUT2D eigenvalue weighted by atomic mass is 9.98. The Hall–Kier alpha value is -6.16. The maximum absolute atomic E-state index is 3.80. The van der Waals surface area contributed by atoms with Gasteiger partial charge in [-0.2, -0.15) is 0 Å². The quantitative estimate of drug-likeness (QED) is 0.198. The first-order valence-corrected chi connectivity index (χ1v) is 17.5. The number of anilines is 3. The summed E-state index contributed by atoms with van der Waals surface area (Å²) < 4.78 is 2.62. The zero-order chi connectivity index (χ0) is 32.3. The van der Waals surface area contributed by atoms with Gasteiger partial charge in [0.15, 0.2) is 0 Å². The molecular weight excluding hydrogens is 613 g/mol. The molecule has 2 aromatic heterocycles. The molecule has 0 spiro atoms. The molecule has 8 aromatic carbocycles. The second kappa shape index (κ2) is 11.2. The van der Waals surface area contributed by atoms with Crippen molar-refractivity contribution in [2.75, 3.05) is 4.90 Å². The van der Waals surface area contributed by atoms with Crippen molar-refractivity contribution in [3.05, 3.63) is 176 Å². The summed E-state index contributed by atoms with van der Waals surface area (Å²) in [5.41, 5.74) is 10.5. The molecule has 0 atom stereocenters. The monoisotopic (exact) mass is 642 g/mol. The molecule has 230 valence electrons. The normalized spacial score (nSPS) is 11.7. The molecule has 3 heteroatoms. The second-order valence-electron chi connectivity index (χ2n) is 12.7. The first-order chi connectivity index (χ1) is 24.3. The first kappa shape index (κ1) is 27.9. The Bertz CT molecular complexity index is 2830. The first-order valence-electron chi connectivity index (χ1n) is 16.7. The van der Waals surface area contributed by atoms with Crippen molar-refractivity contribution in [1.29, 1.82) is 0 Å². The zero-order valence-corrected chi connectivity index (χ0v) is 27.4. The third-order valence-electron chi connectivity index (χ3n) is 9.77. The zero-order valence-electron chi connectivity index (χ0n) is 26.6. The number of H-pyrrole nitrogens is 1. The predicted molar refractivity (Wildman–Crippen MR) is 212 cm³/mol. The third kappa shape index (κ3) is 4.70. The number of thiophene rings is 1. The number of nitrogens with zero attached hydrogens (tertiary/aromatic N) is 1. The molecule has 49 heavy (non-hydrogen) atoms. The van der Waals surface area contributed by atoms with Crippen molar-refractivity contribution < 1.29 is 0 Å². The van der Waals surface area contributed by atoms with Gasteiger partial charge in [0.1, 0.15) is 0 Å². The van der Waals surface area contributed by atoms with Gasteiger partial charge in [0.05, 0.1) is 5.52 Å². The minimum atomic E-state index is 1.11. The van der Waals surface area contributed by atoms with Crippen LogP contribution < -0.4 is 4.90 Å². The van der Waals surface area contributed by atoms with Gasteiger partial charge in [-0.25, -0.2) is 0 Å². The third-order valence-corrected chi connectivity index (χ3v) is 10.9. The largest absolute Gasteiger partial charge is 0.354 e. The molecule has 0 saturated heterocycles. The highest BCUT2D eigenvalue weighted by molar-refractivity contribution is 7.25. The van der Waals surface area contributed by atoms with Crippen LogP contribution >= 0.6 is 11.3 Å². The summed E-state index contributed by atoms with van der Waals surface area (Å²) in [5, 5.41) is 7.52. The van der Waals surface area contributed by atoms with Gasteiger partial charge in [-0.05, 0) is 82.1 Å². The number of nitrogens with one attached hydrogen (secondary N) is 1. The van der Waals surface area contributed by atoms with E-state index >= 15 is 0 Å². The van der Waals surface area contributed by atoms with Gasteiger partial charge < -0.3 is 9.88 Å². The van der Waals surface area contributed by atoms with Gasteiger partial charge in [0.2, 0.25) is 0 Å². The van der Waals surface area contributed by atoms with Crippen LogP contribution in [0.25, 0.3) is 75.0 Å². The molecule has 0 fully saturated rings. The van der Waals surface area contributed by atoms with Crippen LogP contribution in [0, 0.1) is 0 Å². The van der Waals surface area contributed by atoms with Crippen molar-refractivity contribution in [3.63, 3.8) is 0 Å². The summed E-state index contributed by atoms with van der Waals surface area (Å²) in [6.07, 6.45) is 0. The summed E-state index contributed by atoms with van der Waals surface area (Å²) in [5.74, 6) is 0. The van der Waals surface area contributed by atoms with Gasteiger partial charge in [0, 0.05) is 59.1 Å². The Morgan fingerprint density at radius 2 is 1.06 bits per heavy atom. The van der Waals surface area contributed by atoms with Crippen LogP contribution in [0.2, 0.25) is 0 Å². The molecule has 2 nitrogen and oxygen atoms in total. The van der Waals surface area contributed by atoms with E-state index in [4.69, 9.17) is 0 Å². The average molecular weight is 643 g/mol. The Balaban J connectivity index is 1.22. The van der Waals surface area contributed by atoms with E-state index in [0.717, 1.165) is 28.1 Å². The molecule has 0 amide bonds. The van der Waals surface area contributed by atoms with Crippen LogP contribution in [0.3, 0.4) is 0 Å². The molecule has 0 aliphatic heterocycles. The van der Waals surface area contributed by atoms with Gasteiger partial charge in [0.25, 0.3) is 0 Å². The fourth-order valence-corrected chi connectivity index (χ4v) is 8.53. The Kier molecular flexibility index (Phi) is 6.39. The fourth-order valence-electron chi connectivity index (χ4n) is 7.38. The van der Waals surface area contributed by atoms with Gasteiger partial charge >= 0.3 is 0 Å². The number of aromatic amines is 1. The Labute approximate surface area is 288 Å². The second-order valence-corrected chi connectivity index (χ2v) is 13.8.